The van der Waals surface area contributed by atoms with Gasteiger partial charge in [0.15, 0.2) is 0 Å². The molecule has 4 heteroatoms. The maximum Gasteiger partial charge on any atom is 0.323 e. The molecule has 0 radical (unpaired) electrons. The molecule has 2 unspecified atom stereocenters. The van der Waals surface area contributed by atoms with Crippen LogP contribution in [0.1, 0.15) is 24.0 Å². The lowest BCUT2D eigenvalue weighted by atomic mass is 9.94. The van der Waals surface area contributed by atoms with Crippen molar-refractivity contribution in [1.29, 1.82) is 0 Å². The maximum absolute atomic E-state index is 12.1. The van der Waals surface area contributed by atoms with E-state index < -0.39 is 12.0 Å². The molecule has 2 rings (SSSR count). The number of rotatable bonds is 5. The van der Waals surface area contributed by atoms with Crippen LogP contribution >= 0.6 is 11.6 Å². The molecule has 2 N–H and O–H groups in total. The smallest absolute Gasteiger partial charge is 0.323 e. The molecule has 110 valence electrons. The Balaban J connectivity index is 1.97. The fourth-order valence-electron chi connectivity index (χ4n) is 2.07. The van der Waals surface area contributed by atoms with Crippen LogP contribution in [0, 0.1) is 0 Å². The molecule has 0 aliphatic rings. The number of hydrogen-bond acceptors (Lipinski definition) is 3. The molecule has 2 aromatic carbocycles. The summed E-state index contributed by atoms with van der Waals surface area (Å²) in [5, 5.41) is 0.608. The lowest BCUT2D eigenvalue weighted by Gasteiger charge is -2.20. The van der Waals surface area contributed by atoms with Gasteiger partial charge in [-0.3, -0.25) is 4.79 Å². The summed E-state index contributed by atoms with van der Waals surface area (Å²) < 4.78 is 5.27. The zero-order valence-corrected chi connectivity index (χ0v) is 12.6. The zero-order valence-electron chi connectivity index (χ0n) is 11.8. The number of carbonyl (C=O) groups is 1. The van der Waals surface area contributed by atoms with Crippen molar-refractivity contribution in [3.05, 3.63) is 70.7 Å². The lowest BCUT2D eigenvalue weighted by molar-refractivity contribution is -0.147. The number of nitrogens with two attached hydrogens (primary N) is 1. The van der Waals surface area contributed by atoms with Crippen molar-refractivity contribution in [2.75, 3.05) is 0 Å². The molecule has 0 heterocycles. The van der Waals surface area contributed by atoms with Crippen molar-refractivity contribution in [1.82, 2.24) is 0 Å². The van der Waals surface area contributed by atoms with E-state index >= 15 is 0 Å². The third-order valence-corrected chi connectivity index (χ3v) is 3.77. The van der Waals surface area contributed by atoms with Gasteiger partial charge in [0.2, 0.25) is 0 Å². The largest absolute Gasteiger partial charge is 0.460 e. The van der Waals surface area contributed by atoms with E-state index in [1.807, 2.05) is 55.5 Å². The Morgan fingerprint density at radius 2 is 1.76 bits per heavy atom. The number of ether oxygens (including phenoxy) is 1. The molecule has 0 saturated heterocycles. The summed E-state index contributed by atoms with van der Waals surface area (Å²) in [7, 11) is 0. The molecule has 0 saturated carbocycles. The highest BCUT2D eigenvalue weighted by Gasteiger charge is 2.25. The van der Waals surface area contributed by atoms with E-state index in [4.69, 9.17) is 22.1 Å². The van der Waals surface area contributed by atoms with E-state index in [0.717, 1.165) is 11.1 Å². The summed E-state index contributed by atoms with van der Waals surface area (Å²) in [6.45, 7) is 2.10. The Labute approximate surface area is 129 Å². The maximum atomic E-state index is 12.1. The molecular formula is C17H18ClNO2. The van der Waals surface area contributed by atoms with E-state index in [0.29, 0.717) is 5.02 Å². The third kappa shape index (κ3) is 4.06. The number of hydrogen-bond donors (Lipinski definition) is 1. The average Bonchev–Trinajstić information content (AvgIpc) is 2.52. The van der Waals surface area contributed by atoms with Gasteiger partial charge in [-0.25, -0.2) is 0 Å². The highest BCUT2D eigenvalue weighted by molar-refractivity contribution is 6.31. The number of esters is 1. The molecule has 2 aromatic rings. The van der Waals surface area contributed by atoms with Gasteiger partial charge in [0.05, 0.1) is 0 Å². The fraction of sp³-hybridized carbons (Fsp3) is 0.235. The molecule has 0 bridgehead atoms. The van der Waals surface area contributed by atoms with Gasteiger partial charge < -0.3 is 10.5 Å². The Morgan fingerprint density at radius 1 is 1.14 bits per heavy atom. The highest BCUT2D eigenvalue weighted by Crippen LogP contribution is 2.26. The first-order valence-electron chi connectivity index (χ1n) is 6.80. The summed E-state index contributed by atoms with van der Waals surface area (Å²) in [5.74, 6) is -0.631. The Bertz CT molecular complexity index is 601. The van der Waals surface area contributed by atoms with Gasteiger partial charge in [0.25, 0.3) is 0 Å². The van der Waals surface area contributed by atoms with Crippen LogP contribution in [0.25, 0.3) is 0 Å². The van der Waals surface area contributed by atoms with Crippen LogP contribution in [0.4, 0.5) is 0 Å². The Morgan fingerprint density at radius 3 is 2.43 bits per heavy atom. The van der Waals surface area contributed by atoms with Crippen LogP contribution in [-0.4, -0.2) is 12.0 Å². The monoisotopic (exact) mass is 303 g/mol. The summed E-state index contributed by atoms with van der Waals surface area (Å²) in [6, 6.07) is 16.1. The third-order valence-electron chi connectivity index (χ3n) is 3.43. The van der Waals surface area contributed by atoms with Crippen LogP contribution in [0.5, 0.6) is 0 Å². The van der Waals surface area contributed by atoms with Crippen molar-refractivity contribution in [3.63, 3.8) is 0 Å². The van der Waals surface area contributed by atoms with E-state index in [9.17, 15) is 4.79 Å². The number of benzene rings is 2. The predicted molar refractivity (Wildman–Crippen MR) is 84.1 cm³/mol. The predicted octanol–water partition coefficient (Wildman–Crippen LogP) is 3.51. The highest BCUT2D eigenvalue weighted by atomic mass is 35.5. The standard InChI is InChI=1S/C17H18ClNO2/c1-12(14-9-5-6-10-15(14)18)16(19)17(20)21-11-13-7-3-2-4-8-13/h2-10,12,16H,11,19H2,1H3. The summed E-state index contributed by atoms with van der Waals surface area (Å²) in [5.41, 5.74) is 7.78. The minimum atomic E-state index is -0.742. The second kappa shape index (κ2) is 7.25. The van der Waals surface area contributed by atoms with Crippen molar-refractivity contribution in [3.8, 4) is 0 Å². The summed E-state index contributed by atoms with van der Waals surface area (Å²) in [4.78, 5) is 12.1. The van der Waals surface area contributed by atoms with Gasteiger partial charge in [-0.2, -0.15) is 0 Å². The van der Waals surface area contributed by atoms with E-state index in [1.54, 1.807) is 6.07 Å². The van der Waals surface area contributed by atoms with E-state index in [-0.39, 0.29) is 12.5 Å². The first-order chi connectivity index (χ1) is 10.1. The average molecular weight is 304 g/mol. The molecule has 0 amide bonds. The molecule has 2 atom stereocenters. The van der Waals surface area contributed by atoms with Crippen molar-refractivity contribution in [2.24, 2.45) is 5.73 Å². The van der Waals surface area contributed by atoms with E-state index in [2.05, 4.69) is 0 Å². The summed E-state index contributed by atoms with van der Waals surface area (Å²) >= 11 is 6.13. The van der Waals surface area contributed by atoms with Gasteiger partial charge >= 0.3 is 5.97 Å². The second-order valence-corrected chi connectivity index (χ2v) is 5.34. The normalized spacial score (nSPS) is 13.5. The first kappa shape index (κ1) is 15.5. The SMILES string of the molecule is CC(c1ccccc1Cl)C(N)C(=O)OCc1ccccc1. The van der Waals surface area contributed by atoms with Crippen LogP contribution in [0.2, 0.25) is 5.02 Å². The van der Waals surface area contributed by atoms with Crippen molar-refractivity contribution in [2.45, 2.75) is 25.5 Å². The Hall–Kier alpha value is -1.84. The fourth-order valence-corrected chi connectivity index (χ4v) is 2.37. The minimum absolute atomic E-state index is 0.207. The Kier molecular flexibility index (Phi) is 5.37. The van der Waals surface area contributed by atoms with Gasteiger partial charge in [-0.05, 0) is 17.2 Å². The van der Waals surface area contributed by atoms with Gasteiger partial charge in [0.1, 0.15) is 12.6 Å². The topological polar surface area (TPSA) is 52.3 Å². The molecule has 21 heavy (non-hydrogen) atoms. The van der Waals surface area contributed by atoms with Gasteiger partial charge in [0, 0.05) is 10.9 Å². The molecule has 0 aromatic heterocycles. The molecule has 3 nitrogen and oxygen atoms in total. The van der Waals surface area contributed by atoms with Crippen LogP contribution in [-0.2, 0) is 16.1 Å². The molecule has 0 fully saturated rings. The van der Waals surface area contributed by atoms with Crippen molar-refractivity contribution >= 4 is 17.6 Å². The lowest BCUT2D eigenvalue weighted by Crippen LogP contribution is -2.37. The van der Waals surface area contributed by atoms with Gasteiger partial charge in [-0.1, -0.05) is 67.1 Å². The molecule has 0 spiro atoms. The molecule has 0 aliphatic heterocycles. The number of halogens is 1. The minimum Gasteiger partial charge on any atom is -0.460 e. The van der Waals surface area contributed by atoms with Crippen LogP contribution in [0.15, 0.2) is 54.6 Å². The van der Waals surface area contributed by atoms with Crippen LogP contribution < -0.4 is 5.73 Å². The quantitative estimate of drug-likeness (QED) is 0.860. The van der Waals surface area contributed by atoms with Crippen LogP contribution in [0.3, 0.4) is 0 Å². The summed E-state index contributed by atoms with van der Waals surface area (Å²) in [6.07, 6.45) is 0. The van der Waals surface area contributed by atoms with Crippen molar-refractivity contribution < 1.29 is 9.53 Å². The molecular weight excluding hydrogens is 286 g/mol. The first-order valence-corrected chi connectivity index (χ1v) is 7.18. The van der Waals surface area contributed by atoms with E-state index in [1.165, 1.54) is 0 Å². The van der Waals surface area contributed by atoms with Gasteiger partial charge in [-0.15, -0.1) is 0 Å². The zero-order chi connectivity index (χ0) is 15.2. The molecule has 0 aliphatic carbocycles. The second-order valence-electron chi connectivity index (χ2n) is 4.93. The number of carbonyl (C=O) groups excluding carboxylic acids is 1.